The summed E-state index contributed by atoms with van der Waals surface area (Å²) in [5, 5.41) is 29.3. The van der Waals surface area contributed by atoms with Crippen LogP contribution in [-0.4, -0.2) is 56.9 Å². The van der Waals surface area contributed by atoms with Crippen LogP contribution in [0.2, 0.25) is 0 Å². The molecule has 9 heteroatoms. The zero-order chi connectivity index (χ0) is 24.2. The minimum absolute atomic E-state index is 0.0563. The first kappa shape index (κ1) is 23.9. The van der Waals surface area contributed by atoms with E-state index in [1.807, 2.05) is 0 Å². The van der Waals surface area contributed by atoms with E-state index in [9.17, 15) is 24.1 Å². The minimum Gasteiger partial charge on any atom is -0.482 e. The third-order valence-electron chi connectivity index (χ3n) is 5.49. The summed E-state index contributed by atoms with van der Waals surface area (Å²) in [6, 6.07) is 8.68. The molecule has 0 bridgehead atoms. The Balaban J connectivity index is 1.52. The van der Waals surface area contributed by atoms with Crippen LogP contribution < -0.4 is 4.74 Å². The van der Waals surface area contributed by atoms with E-state index in [0.29, 0.717) is 17.0 Å². The van der Waals surface area contributed by atoms with Crippen LogP contribution in [0.15, 0.2) is 48.8 Å². The Labute approximate surface area is 195 Å². The van der Waals surface area contributed by atoms with E-state index >= 15 is 0 Å². The highest BCUT2D eigenvalue weighted by Crippen LogP contribution is 2.31. The number of rotatable bonds is 6. The van der Waals surface area contributed by atoms with Crippen LogP contribution in [0.25, 0.3) is 11.1 Å². The molecule has 1 saturated heterocycles. The lowest BCUT2D eigenvalue weighted by Gasteiger charge is -2.17. The molecule has 1 fully saturated rings. The van der Waals surface area contributed by atoms with Gasteiger partial charge in [0.2, 0.25) is 5.82 Å². The number of aromatic nitrogens is 2. The van der Waals surface area contributed by atoms with Crippen LogP contribution in [-0.2, 0) is 4.74 Å². The van der Waals surface area contributed by atoms with Crippen LogP contribution in [0.4, 0.5) is 8.78 Å². The van der Waals surface area contributed by atoms with Gasteiger partial charge in [-0.1, -0.05) is 24.0 Å². The standard InChI is InChI=1S/C25H24F2N2O5/c1-15(31)25-28-10-11-29(25)18(12-30)7-4-16-2-5-17(6-3-16)19-8-9-21(24(27)23(19)26)34-22-14-33-13-20(22)32/h2-3,5-6,8-11,15,18,20,22,30-32H,12-14H2,1H3/t15-,18-,20?,22?/m0/s1. The third-order valence-corrected chi connectivity index (χ3v) is 5.49. The van der Waals surface area contributed by atoms with Gasteiger partial charge in [0.05, 0.1) is 19.8 Å². The molecule has 4 rings (SSSR count). The highest BCUT2D eigenvalue weighted by molar-refractivity contribution is 5.66. The number of aliphatic hydroxyl groups is 3. The van der Waals surface area contributed by atoms with E-state index in [2.05, 4.69) is 16.8 Å². The first-order chi connectivity index (χ1) is 16.4. The van der Waals surface area contributed by atoms with E-state index in [4.69, 9.17) is 9.47 Å². The second-order valence-electron chi connectivity index (χ2n) is 7.91. The Morgan fingerprint density at radius 3 is 2.59 bits per heavy atom. The lowest BCUT2D eigenvalue weighted by atomic mass is 10.0. The van der Waals surface area contributed by atoms with Crippen molar-refractivity contribution in [2.24, 2.45) is 0 Å². The Morgan fingerprint density at radius 2 is 1.94 bits per heavy atom. The average molecular weight is 470 g/mol. The van der Waals surface area contributed by atoms with Gasteiger partial charge in [0.25, 0.3) is 0 Å². The molecule has 0 radical (unpaired) electrons. The first-order valence-electron chi connectivity index (χ1n) is 10.7. The Morgan fingerprint density at radius 1 is 1.18 bits per heavy atom. The molecule has 0 amide bonds. The second-order valence-corrected chi connectivity index (χ2v) is 7.91. The van der Waals surface area contributed by atoms with Crippen LogP contribution in [0, 0.1) is 23.5 Å². The van der Waals surface area contributed by atoms with Crippen molar-refractivity contribution in [1.29, 1.82) is 0 Å². The second kappa shape index (κ2) is 10.3. The molecular formula is C25H24F2N2O5. The largest absolute Gasteiger partial charge is 0.482 e. The van der Waals surface area contributed by atoms with Crippen molar-refractivity contribution in [3.05, 3.63) is 71.8 Å². The fourth-order valence-corrected chi connectivity index (χ4v) is 3.66. The number of benzene rings is 2. The highest BCUT2D eigenvalue weighted by Gasteiger charge is 2.29. The van der Waals surface area contributed by atoms with Gasteiger partial charge in [-0.15, -0.1) is 0 Å². The molecule has 0 saturated carbocycles. The Kier molecular flexibility index (Phi) is 7.24. The van der Waals surface area contributed by atoms with E-state index in [0.717, 1.165) is 0 Å². The quantitative estimate of drug-likeness (QED) is 0.480. The first-order valence-corrected chi connectivity index (χ1v) is 10.7. The van der Waals surface area contributed by atoms with Crippen molar-refractivity contribution < 1.29 is 33.6 Å². The number of hydrogen-bond donors (Lipinski definition) is 3. The maximum Gasteiger partial charge on any atom is 0.201 e. The molecule has 0 spiro atoms. The van der Waals surface area contributed by atoms with Gasteiger partial charge >= 0.3 is 0 Å². The number of nitrogens with zero attached hydrogens (tertiary/aromatic N) is 2. The number of imidazole rings is 1. The van der Waals surface area contributed by atoms with Gasteiger partial charge in [0, 0.05) is 23.5 Å². The van der Waals surface area contributed by atoms with Crippen LogP contribution in [0.5, 0.6) is 5.75 Å². The van der Waals surface area contributed by atoms with Crippen molar-refractivity contribution >= 4 is 0 Å². The van der Waals surface area contributed by atoms with E-state index in [1.165, 1.54) is 18.3 Å². The van der Waals surface area contributed by atoms with Gasteiger partial charge in [0.1, 0.15) is 24.1 Å². The summed E-state index contributed by atoms with van der Waals surface area (Å²) in [5.41, 5.74) is 1.11. The summed E-state index contributed by atoms with van der Waals surface area (Å²) in [6.07, 6.45) is 0.697. The van der Waals surface area contributed by atoms with Crippen LogP contribution in [0.3, 0.4) is 0 Å². The molecule has 4 atom stereocenters. The van der Waals surface area contributed by atoms with Crippen LogP contribution in [0.1, 0.15) is 30.5 Å². The third kappa shape index (κ3) is 4.95. The molecule has 1 aliphatic rings. The Bertz CT molecular complexity index is 1200. The molecule has 1 aromatic heterocycles. The van der Waals surface area contributed by atoms with Gasteiger partial charge in [-0.3, -0.25) is 0 Å². The minimum atomic E-state index is -1.14. The normalized spacial score (nSPS) is 19.4. The summed E-state index contributed by atoms with van der Waals surface area (Å²) in [4.78, 5) is 4.08. The highest BCUT2D eigenvalue weighted by atomic mass is 19.2. The van der Waals surface area contributed by atoms with E-state index < -0.39 is 36.0 Å². The number of hydrogen-bond acceptors (Lipinski definition) is 6. The SMILES string of the molecule is C[C@H](O)c1nccn1[C@@H](C#Cc1ccc(-c2ccc(OC3COCC3O)c(F)c2F)cc1)CO. The summed E-state index contributed by atoms with van der Waals surface area (Å²) in [5.74, 6) is 3.79. The molecule has 1 aliphatic heterocycles. The molecular weight excluding hydrogens is 446 g/mol. The van der Waals surface area contributed by atoms with Crippen molar-refractivity contribution in [3.8, 4) is 28.7 Å². The van der Waals surface area contributed by atoms with Gasteiger partial charge < -0.3 is 29.4 Å². The monoisotopic (exact) mass is 470 g/mol. The van der Waals surface area contributed by atoms with Crippen molar-refractivity contribution in [2.45, 2.75) is 31.3 Å². The Hall–Kier alpha value is -3.29. The van der Waals surface area contributed by atoms with Crippen molar-refractivity contribution in [3.63, 3.8) is 0 Å². The fraction of sp³-hybridized carbons (Fsp3) is 0.320. The molecule has 34 heavy (non-hydrogen) atoms. The molecule has 3 N–H and O–H groups in total. The molecule has 178 valence electrons. The van der Waals surface area contributed by atoms with Gasteiger partial charge in [-0.25, -0.2) is 9.37 Å². The zero-order valence-corrected chi connectivity index (χ0v) is 18.4. The molecule has 7 nitrogen and oxygen atoms in total. The molecule has 2 heterocycles. The molecule has 2 unspecified atom stereocenters. The average Bonchev–Trinajstić information content (AvgIpc) is 3.48. The lowest BCUT2D eigenvalue weighted by molar-refractivity contribution is 0.0703. The molecule has 3 aromatic rings. The van der Waals surface area contributed by atoms with Crippen LogP contribution >= 0.6 is 0 Å². The summed E-state index contributed by atoms with van der Waals surface area (Å²) in [6.45, 7) is 1.49. The predicted octanol–water partition coefficient (Wildman–Crippen LogP) is 2.61. The van der Waals surface area contributed by atoms with Crippen molar-refractivity contribution in [2.75, 3.05) is 19.8 Å². The predicted molar refractivity (Wildman–Crippen MR) is 119 cm³/mol. The van der Waals surface area contributed by atoms with Gasteiger partial charge in [-0.05, 0) is 36.8 Å². The van der Waals surface area contributed by atoms with Crippen molar-refractivity contribution in [1.82, 2.24) is 9.55 Å². The number of aliphatic hydroxyl groups excluding tert-OH is 3. The summed E-state index contributed by atoms with van der Waals surface area (Å²) < 4.78 is 41.4. The van der Waals surface area contributed by atoms with Gasteiger partial charge in [0.15, 0.2) is 17.7 Å². The number of ether oxygens (including phenoxy) is 2. The number of halogens is 2. The van der Waals surface area contributed by atoms with E-state index in [-0.39, 0.29) is 31.1 Å². The summed E-state index contributed by atoms with van der Waals surface area (Å²) in [7, 11) is 0. The van der Waals surface area contributed by atoms with Gasteiger partial charge in [-0.2, -0.15) is 4.39 Å². The lowest BCUT2D eigenvalue weighted by Crippen LogP contribution is -2.30. The maximum atomic E-state index is 14.7. The topological polar surface area (TPSA) is 97.0 Å². The van der Waals surface area contributed by atoms with E-state index in [1.54, 1.807) is 42.0 Å². The molecule has 2 aromatic carbocycles. The smallest absolute Gasteiger partial charge is 0.201 e. The maximum absolute atomic E-state index is 14.7. The summed E-state index contributed by atoms with van der Waals surface area (Å²) >= 11 is 0. The molecule has 0 aliphatic carbocycles. The fourth-order valence-electron chi connectivity index (χ4n) is 3.66. The zero-order valence-electron chi connectivity index (χ0n) is 18.4.